The molecule has 3 rings (SSSR count). The Kier molecular flexibility index (Phi) is 4.61. The maximum absolute atomic E-state index is 11.9. The van der Waals surface area contributed by atoms with E-state index in [-0.39, 0.29) is 5.91 Å². The van der Waals surface area contributed by atoms with Crippen molar-refractivity contribution in [3.8, 4) is 0 Å². The lowest BCUT2D eigenvalue weighted by Gasteiger charge is -2.18. The van der Waals surface area contributed by atoms with Crippen molar-refractivity contribution in [1.29, 1.82) is 0 Å². The smallest absolute Gasteiger partial charge is 0.251 e. The SMILES string of the molecule is O=C(NCCNCC1CC2C=CC1C2)c1ccc(Cl)cc1. The van der Waals surface area contributed by atoms with Gasteiger partial charge in [-0.2, -0.15) is 0 Å². The first-order valence-corrected chi connectivity index (χ1v) is 8.03. The van der Waals surface area contributed by atoms with Crippen LogP contribution < -0.4 is 10.6 Å². The lowest BCUT2D eigenvalue weighted by atomic mass is 9.94. The predicted molar refractivity (Wildman–Crippen MR) is 85.5 cm³/mol. The maximum atomic E-state index is 11.9. The van der Waals surface area contributed by atoms with Crippen molar-refractivity contribution in [2.45, 2.75) is 12.8 Å². The van der Waals surface area contributed by atoms with Crippen LogP contribution in [0.1, 0.15) is 23.2 Å². The molecule has 1 aromatic rings. The molecule has 3 nitrogen and oxygen atoms in total. The molecule has 4 heteroatoms. The van der Waals surface area contributed by atoms with Crippen LogP contribution in [0.15, 0.2) is 36.4 Å². The van der Waals surface area contributed by atoms with Crippen LogP contribution >= 0.6 is 11.6 Å². The van der Waals surface area contributed by atoms with Crippen molar-refractivity contribution in [2.75, 3.05) is 19.6 Å². The molecule has 0 radical (unpaired) electrons. The third-order valence-corrected chi connectivity index (χ3v) is 4.77. The topological polar surface area (TPSA) is 41.1 Å². The van der Waals surface area contributed by atoms with Crippen molar-refractivity contribution in [1.82, 2.24) is 10.6 Å². The highest BCUT2D eigenvalue weighted by Gasteiger charge is 2.34. The number of nitrogens with one attached hydrogen (secondary N) is 2. The Morgan fingerprint density at radius 3 is 2.62 bits per heavy atom. The summed E-state index contributed by atoms with van der Waals surface area (Å²) >= 11 is 5.80. The molecule has 1 aromatic carbocycles. The third kappa shape index (κ3) is 3.66. The van der Waals surface area contributed by atoms with E-state index >= 15 is 0 Å². The van der Waals surface area contributed by atoms with Crippen LogP contribution in [0.25, 0.3) is 0 Å². The number of allylic oxidation sites excluding steroid dienone is 2. The van der Waals surface area contributed by atoms with E-state index in [1.165, 1.54) is 12.8 Å². The molecule has 1 fully saturated rings. The van der Waals surface area contributed by atoms with E-state index in [9.17, 15) is 4.79 Å². The average molecular weight is 305 g/mol. The molecular weight excluding hydrogens is 284 g/mol. The van der Waals surface area contributed by atoms with Crippen LogP contribution in [0.5, 0.6) is 0 Å². The molecule has 0 spiro atoms. The molecule has 112 valence electrons. The van der Waals surface area contributed by atoms with E-state index in [2.05, 4.69) is 22.8 Å². The van der Waals surface area contributed by atoms with Gasteiger partial charge in [-0.05, 0) is 61.4 Å². The van der Waals surface area contributed by atoms with Gasteiger partial charge in [0, 0.05) is 23.7 Å². The summed E-state index contributed by atoms with van der Waals surface area (Å²) in [6, 6.07) is 6.95. The quantitative estimate of drug-likeness (QED) is 0.627. The van der Waals surface area contributed by atoms with Gasteiger partial charge < -0.3 is 10.6 Å². The Labute approximate surface area is 130 Å². The summed E-state index contributed by atoms with van der Waals surface area (Å²) < 4.78 is 0. The van der Waals surface area contributed by atoms with E-state index in [4.69, 9.17) is 11.6 Å². The second-order valence-corrected chi connectivity index (χ2v) is 6.44. The second kappa shape index (κ2) is 6.63. The van der Waals surface area contributed by atoms with Gasteiger partial charge in [0.15, 0.2) is 0 Å². The molecule has 1 amide bonds. The van der Waals surface area contributed by atoms with Gasteiger partial charge >= 0.3 is 0 Å². The largest absolute Gasteiger partial charge is 0.351 e. The second-order valence-electron chi connectivity index (χ2n) is 6.01. The lowest BCUT2D eigenvalue weighted by molar-refractivity contribution is 0.0954. The summed E-state index contributed by atoms with van der Waals surface area (Å²) in [5.74, 6) is 2.35. The number of hydrogen-bond donors (Lipinski definition) is 2. The number of carbonyl (C=O) groups excluding carboxylic acids is 1. The summed E-state index contributed by atoms with van der Waals surface area (Å²) in [4.78, 5) is 11.9. The summed E-state index contributed by atoms with van der Waals surface area (Å²) in [6.07, 6.45) is 7.42. The van der Waals surface area contributed by atoms with Gasteiger partial charge in [-0.25, -0.2) is 0 Å². The predicted octanol–water partition coefficient (Wildman–Crippen LogP) is 2.87. The number of hydrogen-bond acceptors (Lipinski definition) is 2. The molecule has 2 aliphatic rings. The zero-order valence-corrected chi connectivity index (χ0v) is 12.8. The fourth-order valence-electron chi connectivity index (χ4n) is 3.38. The number of carbonyl (C=O) groups is 1. The van der Waals surface area contributed by atoms with E-state index < -0.39 is 0 Å². The lowest BCUT2D eigenvalue weighted by Crippen LogP contribution is -2.34. The molecule has 2 N–H and O–H groups in total. The highest BCUT2D eigenvalue weighted by molar-refractivity contribution is 6.30. The van der Waals surface area contributed by atoms with Crippen molar-refractivity contribution in [3.63, 3.8) is 0 Å². The van der Waals surface area contributed by atoms with Crippen molar-refractivity contribution >= 4 is 17.5 Å². The fourth-order valence-corrected chi connectivity index (χ4v) is 3.51. The standard InChI is InChI=1S/C17H21ClN2O/c18-16-5-3-13(4-6-16)17(21)20-8-7-19-11-15-10-12-1-2-14(15)9-12/h1-6,12,14-15,19H,7-11H2,(H,20,21). The monoisotopic (exact) mass is 304 g/mol. The van der Waals surface area contributed by atoms with Gasteiger partial charge in [-0.15, -0.1) is 0 Å². The van der Waals surface area contributed by atoms with Crippen LogP contribution in [0, 0.1) is 17.8 Å². The fraction of sp³-hybridized carbons (Fsp3) is 0.471. The van der Waals surface area contributed by atoms with Crippen LogP contribution in [0.3, 0.4) is 0 Å². The highest BCUT2D eigenvalue weighted by atomic mass is 35.5. The van der Waals surface area contributed by atoms with E-state index in [0.29, 0.717) is 17.1 Å². The van der Waals surface area contributed by atoms with Crippen LogP contribution in [-0.2, 0) is 0 Å². The minimum Gasteiger partial charge on any atom is -0.351 e. The van der Waals surface area contributed by atoms with Gasteiger partial charge in [0.25, 0.3) is 5.91 Å². The van der Waals surface area contributed by atoms with E-state index in [1.54, 1.807) is 24.3 Å². The van der Waals surface area contributed by atoms with Gasteiger partial charge in [0.1, 0.15) is 0 Å². The van der Waals surface area contributed by atoms with Gasteiger partial charge in [0.2, 0.25) is 0 Å². The van der Waals surface area contributed by atoms with Gasteiger partial charge in [-0.1, -0.05) is 23.8 Å². The minimum absolute atomic E-state index is 0.0451. The minimum atomic E-state index is -0.0451. The Bertz CT molecular complexity index is 526. The highest BCUT2D eigenvalue weighted by Crippen LogP contribution is 2.42. The molecule has 0 saturated heterocycles. The molecular formula is C17H21ClN2O. The zero-order chi connectivity index (χ0) is 14.7. The first-order chi connectivity index (χ1) is 10.2. The van der Waals surface area contributed by atoms with Gasteiger partial charge in [0.05, 0.1) is 0 Å². The Balaban J connectivity index is 1.32. The molecule has 0 aliphatic heterocycles. The van der Waals surface area contributed by atoms with E-state index in [0.717, 1.165) is 30.8 Å². The number of benzene rings is 1. The Morgan fingerprint density at radius 2 is 1.95 bits per heavy atom. The molecule has 21 heavy (non-hydrogen) atoms. The van der Waals surface area contributed by atoms with Crippen LogP contribution in [0.2, 0.25) is 5.02 Å². The molecule has 0 aromatic heterocycles. The first-order valence-electron chi connectivity index (χ1n) is 7.65. The van der Waals surface area contributed by atoms with Crippen molar-refractivity contribution < 1.29 is 4.79 Å². The summed E-state index contributed by atoms with van der Waals surface area (Å²) in [7, 11) is 0. The normalized spacial score (nSPS) is 26.2. The van der Waals surface area contributed by atoms with Crippen LogP contribution in [0.4, 0.5) is 0 Å². The summed E-state index contributed by atoms with van der Waals surface area (Å²) in [6.45, 7) is 2.53. The van der Waals surface area contributed by atoms with Crippen molar-refractivity contribution in [2.24, 2.45) is 17.8 Å². The summed E-state index contributed by atoms with van der Waals surface area (Å²) in [5.41, 5.74) is 0.651. The third-order valence-electron chi connectivity index (χ3n) is 4.52. The Morgan fingerprint density at radius 1 is 1.14 bits per heavy atom. The maximum Gasteiger partial charge on any atom is 0.251 e. The molecule has 2 bridgehead atoms. The van der Waals surface area contributed by atoms with Crippen molar-refractivity contribution in [3.05, 3.63) is 47.0 Å². The summed E-state index contributed by atoms with van der Waals surface area (Å²) in [5, 5.41) is 7.02. The number of amides is 1. The first kappa shape index (κ1) is 14.6. The molecule has 0 heterocycles. The Hall–Kier alpha value is -1.32. The van der Waals surface area contributed by atoms with Crippen LogP contribution in [-0.4, -0.2) is 25.5 Å². The number of rotatable bonds is 6. The number of halogens is 1. The zero-order valence-electron chi connectivity index (χ0n) is 12.0. The molecule has 3 atom stereocenters. The molecule has 3 unspecified atom stereocenters. The number of fused-ring (bicyclic) bond motifs is 2. The molecule has 2 aliphatic carbocycles. The van der Waals surface area contributed by atoms with E-state index in [1.807, 2.05) is 0 Å². The molecule has 1 saturated carbocycles. The average Bonchev–Trinajstić information content (AvgIpc) is 3.10. The van der Waals surface area contributed by atoms with Gasteiger partial charge in [-0.3, -0.25) is 4.79 Å².